The predicted molar refractivity (Wildman–Crippen MR) is 66.4 cm³/mol. The maximum atomic E-state index is 13.8. The van der Waals surface area contributed by atoms with Crippen LogP contribution >= 0.6 is 11.6 Å². The first kappa shape index (κ1) is 15.7. The first-order valence-electron chi connectivity index (χ1n) is 5.51. The maximum Gasteiger partial charge on any atom is 0.379 e. The van der Waals surface area contributed by atoms with E-state index in [4.69, 9.17) is 17.3 Å². The van der Waals surface area contributed by atoms with E-state index in [1.807, 2.05) is 0 Å². The topological polar surface area (TPSA) is 72.5 Å². The highest BCUT2D eigenvalue weighted by Crippen LogP contribution is 2.38. The van der Waals surface area contributed by atoms with E-state index in [0.29, 0.717) is 0 Å². The van der Waals surface area contributed by atoms with Crippen molar-refractivity contribution >= 4 is 17.6 Å². The van der Waals surface area contributed by atoms with Gasteiger partial charge in [-0.25, -0.2) is 4.79 Å². The molecule has 0 aliphatic carbocycles. The number of aryl methyl sites for hydroxylation is 1. The number of phenols is 1. The van der Waals surface area contributed by atoms with E-state index in [0.717, 1.165) is 6.07 Å². The summed E-state index contributed by atoms with van der Waals surface area (Å²) in [4.78, 5) is 11.2. The Morgan fingerprint density at radius 1 is 1.58 bits per heavy atom. The van der Waals surface area contributed by atoms with Crippen molar-refractivity contribution in [3.05, 3.63) is 28.3 Å². The van der Waals surface area contributed by atoms with Crippen LogP contribution in [0.3, 0.4) is 0 Å². The molecule has 4 nitrogen and oxygen atoms in total. The van der Waals surface area contributed by atoms with Gasteiger partial charge < -0.3 is 15.6 Å². The molecule has 19 heavy (non-hydrogen) atoms. The fraction of sp³-hybridized carbons (Fsp3) is 0.417. The summed E-state index contributed by atoms with van der Waals surface area (Å²) in [7, 11) is 0. The molecule has 1 aromatic carbocycles. The van der Waals surface area contributed by atoms with Gasteiger partial charge in [0.1, 0.15) is 11.8 Å². The van der Waals surface area contributed by atoms with E-state index >= 15 is 0 Å². The van der Waals surface area contributed by atoms with Crippen molar-refractivity contribution < 1.29 is 23.4 Å². The summed E-state index contributed by atoms with van der Waals surface area (Å²) in [6, 6.07) is 0.459. The smallest absolute Gasteiger partial charge is 0.379 e. The molecule has 1 rings (SSSR count). The Kier molecular flexibility index (Phi) is 4.70. The van der Waals surface area contributed by atoms with Gasteiger partial charge in [0.2, 0.25) is 0 Å². The number of hydrogen-bond donors (Lipinski definition) is 2. The van der Waals surface area contributed by atoms with Crippen molar-refractivity contribution in [1.82, 2.24) is 0 Å². The van der Waals surface area contributed by atoms with Crippen molar-refractivity contribution in [2.75, 3.05) is 6.61 Å². The van der Waals surface area contributed by atoms with Gasteiger partial charge in [0, 0.05) is 10.6 Å². The van der Waals surface area contributed by atoms with Crippen molar-refractivity contribution in [3.63, 3.8) is 0 Å². The number of hydrogen-bond acceptors (Lipinski definition) is 4. The van der Waals surface area contributed by atoms with Crippen LogP contribution in [0.5, 0.6) is 5.75 Å². The van der Waals surface area contributed by atoms with Crippen LogP contribution in [0.1, 0.15) is 24.1 Å². The van der Waals surface area contributed by atoms with E-state index in [1.54, 1.807) is 0 Å². The van der Waals surface area contributed by atoms with Crippen LogP contribution in [0.2, 0.25) is 5.02 Å². The van der Waals surface area contributed by atoms with Crippen LogP contribution < -0.4 is 5.73 Å². The first-order chi connectivity index (χ1) is 8.71. The first-order valence-corrected chi connectivity index (χ1v) is 5.89. The molecule has 0 heterocycles. The average molecular weight is 294 g/mol. The molecule has 3 N–H and O–H groups in total. The zero-order chi connectivity index (χ0) is 14.8. The fourth-order valence-electron chi connectivity index (χ4n) is 1.55. The van der Waals surface area contributed by atoms with Gasteiger partial charge in [-0.1, -0.05) is 11.6 Å². The van der Waals surface area contributed by atoms with Crippen molar-refractivity contribution in [2.24, 2.45) is 5.73 Å². The molecule has 0 aliphatic rings. The number of aromatic hydroxyl groups is 1. The summed E-state index contributed by atoms with van der Waals surface area (Å²) in [5.74, 6) is -6.11. The van der Waals surface area contributed by atoms with Gasteiger partial charge in [-0.2, -0.15) is 8.78 Å². The monoisotopic (exact) mass is 293 g/mol. The minimum atomic E-state index is -3.95. The highest BCUT2D eigenvalue weighted by atomic mass is 35.5. The van der Waals surface area contributed by atoms with E-state index in [9.17, 15) is 18.7 Å². The number of carbonyl (C=O) groups excluding carboxylic acids is 1. The number of phenolic OH excluding ortho intramolecular Hbond substituents is 1. The Morgan fingerprint density at radius 2 is 2.16 bits per heavy atom. The lowest BCUT2D eigenvalue weighted by Crippen LogP contribution is -2.41. The minimum absolute atomic E-state index is 0.139. The van der Waals surface area contributed by atoms with Gasteiger partial charge in [-0.15, -0.1) is 0 Å². The summed E-state index contributed by atoms with van der Waals surface area (Å²) < 4.78 is 31.8. The van der Waals surface area contributed by atoms with Gasteiger partial charge in [0.25, 0.3) is 0 Å². The van der Waals surface area contributed by atoms with E-state index < -0.39 is 23.7 Å². The number of esters is 1. The molecular formula is C12H14ClF2NO3. The Balaban J connectivity index is 3.19. The van der Waals surface area contributed by atoms with Crippen molar-refractivity contribution in [1.29, 1.82) is 0 Å². The van der Waals surface area contributed by atoms with E-state index in [1.165, 1.54) is 19.9 Å². The Bertz CT molecular complexity index is 494. The molecule has 0 saturated heterocycles. The second-order valence-electron chi connectivity index (χ2n) is 3.98. The molecule has 1 aromatic rings. The third kappa shape index (κ3) is 3.13. The molecule has 0 aliphatic heterocycles. The zero-order valence-electron chi connectivity index (χ0n) is 10.4. The minimum Gasteiger partial charge on any atom is -0.507 e. The standard InChI is InChI=1S/C12H14ClF2NO3/c1-3-19-11(18)12(14,15)10(16)8-5-7(13)4-6(2)9(8)17/h4-5,10,17H,3,16H2,1-2H3/t10-/m0/s1. The molecule has 1 atom stereocenters. The van der Waals surface area contributed by atoms with Crippen molar-refractivity contribution in [3.8, 4) is 5.75 Å². The quantitative estimate of drug-likeness (QED) is 0.837. The number of rotatable bonds is 4. The number of carbonyl (C=O) groups is 1. The van der Waals surface area contributed by atoms with Crippen LogP contribution in [-0.4, -0.2) is 23.6 Å². The van der Waals surface area contributed by atoms with Gasteiger partial charge in [-0.3, -0.25) is 0 Å². The second kappa shape index (κ2) is 5.71. The van der Waals surface area contributed by atoms with Crippen LogP contribution in [0, 0.1) is 6.92 Å². The highest BCUT2D eigenvalue weighted by molar-refractivity contribution is 6.30. The molecule has 106 valence electrons. The van der Waals surface area contributed by atoms with E-state index in [-0.39, 0.29) is 22.8 Å². The molecule has 7 heteroatoms. The highest BCUT2D eigenvalue weighted by Gasteiger charge is 2.48. The lowest BCUT2D eigenvalue weighted by molar-refractivity contribution is -0.174. The van der Waals surface area contributed by atoms with Crippen LogP contribution in [0.4, 0.5) is 8.78 Å². The zero-order valence-corrected chi connectivity index (χ0v) is 11.2. The summed E-state index contributed by atoms with van der Waals surface area (Å²) in [5, 5.41) is 9.88. The van der Waals surface area contributed by atoms with Gasteiger partial charge >= 0.3 is 11.9 Å². The number of alkyl halides is 2. The van der Waals surface area contributed by atoms with Gasteiger partial charge in [0.05, 0.1) is 6.61 Å². The Morgan fingerprint density at radius 3 is 2.68 bits per heavy atom. The predicted octanol–water partition coefficient (Wildman–Crippen LogP) is 2.55. The molecule has 0 aromatic heterocycles. The lowest BCUT2D eigenvalue weighted by atomic mass is 9.98. The normalized spacial score (nSPS) is 13.2. The fourth-order valence-corrected chi connectivity index (χ4v) is 1.83. The van der Waals surface area contributed by atoms with Crippen LogP contribution in [-0.2, 0) is 9.53 Å². The Labute approximate surface area is 114 Å². The summed E-state index contributed by atoms with van der Waals surface area (Å²) >= 11 is 5.73. The molecule has 0 unspecified atom stereocenters. The third-order valence-electron chi connectivity index (χ3n) is 2.57. The molecule has 0 amide bonds. The van der Waals surface area contributed by atoms with Gasteiger partial charge in [0.15, 0.2) is 0 Å². The Hall–Kier alpha value is -1.40. The number of nitrogens with two attached hydrogens (primary N) is 1. The number of ether oxygens (including phenoxy) is 1. The van der Waals surface area contributed by atoms with Crippen molar-refractivity contribution in [2.45, 2.75) is 25.8 Å². The third-order valence-corrected chi connectivity index (χ3v) is 2.79. The molecule has 0 bridgehead atoms. The lowest BCUT2D eigenvalue weighted by Gasteiger charge is -2.23. The van der Waals surface area contributed by atoms with Crippen LogP contribution in [0.25, 0.3) is 0 Å². The van der Waals surface area contributed by atoms with Gasteiger partial charge in [-0.05, 0) is 31.5 Å². The summed E-state index contributed by atoms with van der Waals surface area (Å²) in [5.41, 5.74) is 5.36. The number of benzene rings is 1. The largest absolute Gasteiger partial charge is 0.507 e. The average Bonchev–Trinajstić information content (AvgIpc) is 2.33. The molecule has 0 spiro atoms. The number of halogens is 3. The molecule has 0 radical (unpaired) electrons. The molecule has 0 fully saturated rings. The van der Waals surface area contributed by atoms with E-state index in [2.05, 4.69) is 4.74 Å². The summed E-state index contributed by atoms with van der Waals surface area (Å²) in [6.07, 6.45) is 0. The maximum absolute atomic E-state index is 13.8. The summed E-state index contributed by atoms with van der Waals surface area (Å²) in [6.45, 7) is 2.70. The van der Waals surface area contributed by atoms with Crippen LogP contribution in [0.15, 0.2) is 12.1 Å². The second-order valence-corrected chi connectivity index (χ2v) is 4.42. The SMILES string of the molecule is CCOC(=O)C(F)(F)[C@@H](N)c1cc(Cl)cc(C)c1O. The molecule has 0 saturated carbocycles. The molecular weight excluding hydrogens is 280 g/mol.